The van der Waals surface area contributed by atoms with Crippen LogP contribution in [0, 0.1) is 17.8 Å². The van der Waals surface area contributed by atoms with Crippen molar-refractivity contribution in [2.45, 2.75) is 32.4 Å². The van der Waals surface area contributed by atoms with Gasteiger partial charge in [-0.2, -0.15) is 5.10 Å². The van der Waals surface area contributed by atoms with Crippen LogP contribution in [0.5, 0.6) is 0 Å². The SMILES string of the molecule is CC(NCCn1cccn1)C1CC2C=CC1C2. The molecular weight excluding hydrogens is 210 g/mol. The predicted octanol–water partition coefficient (Wildman–Crippen LogP) is 2.07. The van der Waals surface area contributed by atoms with Gasteiger partial charge in [-0.3, -0.25) is 4.68 Å². The van der Waals surface area contributed by atoms with E-state index in [0.29, 0.717) is 6.04 Å². The summed E-state index contributed by atoms with van der Waals surface area (Å²) in [6.45, 7) is 4.32. The van der Waals surface area contributed by atoms with Crippen molar-refractivity contribution in [1.82, 2.24) is 15.1 Å². The first-order chi connectivity index (χ1) is 8.33. The third-order valence-electron chi connectivity index (χ3n) is 4.34. The van der Waals surface area contributed by atoms with Crippen LogP contribution in [-0.4, -0.2) is 22.4 Å². The Balaban J connectivity index is 1.45. The van der Waals surface area contributed by atoms with Gasteiger partial charge in [0.2, 0.25) is 0 Å². The number of hydrogen-bond acceptors (Lipinski definition) is 2. The summed E-state index contributed by atoms with van der Waals surface area (Å²) in [5.74, 6) is 2.56. The Morgan fingerprint density at radius 2 is 2.35 bits per heavy atom. The molecule has 1 aromatic rings. The van der Waals surface area contributed by atoms with E-state index in [-0.39, 0.29) is 0 Å². The fraction of sp³-hybridized carbons (Fsp3) is 0.643. The zero-order chi connectivity index (χ0) is 11.7. The molecule has 3 nitrogen and oxygen atoms in total. The first-order valence-electron chi connectivity index (χ1n) is 6.72. The number of fused-ring (bicyclic) bond motifs is 2. The zero-order valence-electron chi connectivity index (χ0n) is 10.4. The quantitative estimate of drug-likeness (QED) is 0.786. The molecule has 0 amide bonds. The topological polar surface area (TPSA) is 29.9 Å². The number of nitrogens with zero attached hydrogens (tertiary/aromatic N) is 2. The maximum atomic E-state index is 4.21. The Morgan fingerprint density at radius 1 is 1.41 bits per heavy atom. The predicted molar refractivity (Wildman–Crippen MR) is 68.5 cm³/mol. The third kappa shape index (κ3) is 2.29. The third-order valence-corrected chi connectivity index (χ3v) is 4.34. The summed E-state index contributed by atoms with van der Waals surface area (Å²) in [7, 11) is 0. The highest BCUT2D eigenvalue weighted by atomic mass is 15.3. The van der Waals surface area contributed by atoms with Crippen molar-refractivity contribution in [2.75, 3.05) is 6.54 Å². The fourth-order valence-corrected chi connectivity index (χ4v) is 3.39. The molecule has 0 spiro atoms. The molecule has 0 aliphatic heterocycles. The smallest absolute Gasteiger partial charge is 0.0534 e. The van der Waals surface area contributed by atoms with Gasteiger partial charge in [-0.15, -0.1) is 0 Å². The van der Waals surface area contributed by atoms with Crippen LogP contribution in [0.3, 0.4) is 0 Å². The molecule has 1 fully saturated rings. The van der Waals surface area contributed by atoms with E-state index in [4.69, 9.17) is 0 Å². The summed E-state index contributed by atoms with van der Waals surface area (Å²) >= 11 is 0. The van der Waals surface area contributed by atoms with E-state index in [0.717, 1.165) is 30.8 Å². The fourth-order valence-electron chi connectivity index (χ4n) is 3.39. The van der Waals surface area contributed by atoms with Gasteiger partial charge in [-0.1, -0.05) is 12.2 Å². The molecule has 1 heterocycles. The standard InChI is InChI=1S/C14H21N3/c1-11(14-10-12-3-4-13(14)9-12)15-6-8-17-7-2-5-16-17/h2-5,7,11-15H,6,8-10H2,1H3. The molecule has 2 bridgehead atoms. The van der Waals surface area contributed by atoms with E-state index < -0.39 is 0 Å². The van der Waals surface area contributed by atoms with Crippen LogP contribution in [0.2, 0.25) is 0 Å². The van der Waals surface area contributed by atoms with E-state index in [1.807, 2.05) is 23.1 Å². The minimum Gasteiger partial charge on any atom is -0.312 e. The van der Waals surface area contributed by atoms with Gasteiger partial charge < -0.3 is 5.32 Å². The molecule has 1 aromatic heterocycles. The van der Waals surface area contributed by atoms with Gasteiger partial charge in [-0.05, 0) is 43.6 Å². The van der Waals surface area contributed by atoms with Crippen molar-refractivity contribution < 1.29 is 0 Å². The van der Waals surface area contributed by atoms with E-state index in [1.54, 1.807) is 0 Å². The van der Waals surface area contributed by atoms with Gasteiger partial charge in [-0.25, -0.2) is 0 Å². The summed E-state index contributed by atoms with van der Waals surface area (Å²) < 4.78 is 1.99. The van der Waals surface area contributed by atoms with Crippen molar-refractivity contribution in [3.63, 3.8) is 0 Å². The lowest BCUT2D eigenvalue weighted by Gasteiger charge is -2.26. The molecular formula is C14H21N3. The van der Waals surface area contributed by atoms with Crippen molar-refractivity contribution in [3.05, 3.63) is 30.6 Å². The second kappa shape index (κ2) is 4.65. The van der Waals surface area contributed by atoms with Gasteiger partial charge in [0.25, 0.3) is 0 Å². The Morgan fingerprint density at radius 3 is 3.00 bits per heavy atom. The maximum Gasteiger partial charge on any atom is 0.0534 e. The lowest BCUT2D eigenvalue weighted by Crippen LogP contribution is -2.37. The Hall–Kier alpha value is -1.09. The van der Waals surface area contributed by atoms with Gasteiger partial charge in [0, 0.05) is 25.0 Å². The molecule has 2 aliphatic carbocycles. The molecule has 4 unspecified atom stereocenters. The summed E-state index contributed by atoms with van der Waals surface area (Å²) in [6.07, 6.45) is 11.5. The highest BCUT2D eigenvalue weighted by molar-refractivity contribution is 5.11. The van der Waals surface area contributed by atoms with Crippen LogP contribution in [0.1, 0.15) is 19.8 Å². The minimum absolute atomic E-state index is 0.630. The molecule has 1 N–H and O–H groups in total. The monoisotopic (exact) mass is 231 g/mol. The van der Waals surface area contributed by atoms with Crippen molar-refractivity contribution in [1.29, 1.82) is 0 Å². The molecule has 2 aliphatic rings. The molecule has 3 heteroatoms. The Labute approximate surface area is 103 Å². The number of aromatic nitrogens is 2. The van der Waals surface area contributed by atoms with Gasteiger partial charge >= 0.3 is 0 Å². The van der Waals surface area contributed by atoms with E-state index >= 15 is 0 Å². The maximum absolute atomic E-state index is 4.21. The summed E-state index contributed by atoms with van der Waals surface area (Å²) in [6, 6.07) is 2.61. The van der Waals surface area contributed by atoms with Gasteiger partial charge in [0.15, 0.2) is 0 Å². The normalized spacial score (nSPS) is 32.2. The van der Waals surface area contributed by atoms with Crippen molar-refractivity contribution in [2.24, 2.45) is 17.8 Å². The highest BCUT2D eigenvalue weighted by Crippen LogP contribution is 2.44. The van der Waals surface area contributed by atoms with E-state index in [9.17, 15) is 0 Å². The minimum atomic E-state index is 0.630. The number of allylic oxidation sites excluding steroid dienone is 2. The average molecular weight is 231 g/mol. The average Bonchev–Trinajstić information content (AvgIpc) is 3.05. The molecule has 0 radical (unpaired) electrons. The summed E-state index contributed by atoms with van der Waals surface area (Å²) in [4.78, 5) is 0. The second-order valence-electron chi connectivity index (χ2n) is 5.46. The highest BCUT2D eigenvalue weighted by Gasteiger charge is 2.38. The first kappa shape index (κ1) is 11.0. The van der Waals surface area contributed by atoms with Gasteiger partial charge in [0.05, 0.1) is 6.54 Å². The van der Waals surface area contributed by atoms with Crippen LogP contribution in [0.15, 0.2) is 30.6 Å². The van der Waals surface area contributed by atoms with Gasteiger partial charge in [0.1, 0.15) is 0 Å². The number of rotatable bonds is 5. The van der Waals surface area contributed by atoms with Crippen molar-refractivity contribution >= 4 is 0 Å². The molecule has 17 heavy (non-hydrogen) atoms. The summed E-state index contributed by atoms with van der Waals surface area (Å²) in [5, 5.41) is 7.87. The first-order valence-corrected chi connectivity index (χ1v) is 6.72. The molecule has 0 aromatic carbocycles. The Kier molecular flexibility index (Phi) is 3.02. The Bertz CT molecular complexity index is 382. The molecule has 92 valence electrons. The number of hydrogen-bond donors (Lipinski definition) is 1. The lowest BCUT2D eigenvalue weighted by molar-refractivity contribution is 0.322. The van der Waals surface area contributed by atoms with Crippen LogP contribution in [-0.2, 0) is 6.54 Å². The van der Waals surface area contributed by atoms with Crippen LogP contribution >= 0.6 is 0 Å². The molecule has 1 saturated carbocycles. The molecule has 4 atom stereocenters. The summed E-state index contributed by atoms with van der Waals surface area (Å²) in [5.41, 5.74) is 0. The van der Waals surface area contributed by atoms with Crippen LogP contribution in [0.25, 0.3) is 0 Å². The van der Waals surface area contributed by atoms with Crippen LogP contribution < -0.4 is 5.32 Å². The molecule has 3 rings (SSSR count). The number of nitrogens with one attached hydrogen (secondary N) is 1. The van der Waals surface area contributed by atoms with E-state index in [1.165, 1.54) is 12.8 Å². The van der Waals surface area contributed by atoms with Crippen LogP contribution in [0.4, 0.5) is 0 Å². The van der Waals surface area contributed by atoms with E-state index in [2.05, 4.69) is 29.5 Å². The van der Waals surface area contributed by atoms with Crippen molar-refractivity contribution in [3.8, 4) is 0 Å². The largest absolute Gasteiger partial charge is 0.312 e. The lowest BCUT2D eigenvalue weighted by atomic mass is 9.87. The second-order valence-corrected chi connectivity index (χ2v) is 5.46. The zero-order valence-corrected chi connectivity index (χ0v) is 10.4. The molecule has 0 saturated heterocycles.